The molecule has 0 amide bonds. The SMILES string of the molecule is COc1cc2c(C(C)(C)C)nc(Cl)nc2cc1O. The van der Waals surface area contributed by atoms with Crippen LogP contribution in [0.5, 0.6) is 11.5 Å². The lowest BCUT2D eigenvalue weighted by Crippen LogP contribution is -2.15. The molecule has 96 valence electrons. The average Bonchev–Trinajstić information content (AvgIpc) is 2.25. The molecule has 0 saturated heterocycles. The predicted molar refractivity (Wildman–Crippen MR) is 71.5 cm³/mol. The number of aromatic hydroxyl groups is 1. The summed E-state index contributed by atoms with van der Waals surface area (Å²) in [6, 6.07) is 3.28. The van der Waals surface area contributed by atoms with Crippen LogP contribution in [0, 0.1) is 0 Å². The van der Waals surface area contributed by atoms with Crippen LogP contribution in [0.3, 0.4) is 0 Å². The number of phenolic OH excluding ortho intramolecular Hbond substituents is 1. The van der Waals surface area contributed by atoms with Gasteiger partial charge < -0.3 is 9.84 Å². The average molecular weight is 267 g/mol. The molecule has 0 atom stereocenters. The Balaban J connectivity index is 2.85. The molecular weight excluding hydrogens is 252 g/mol. The zero-order valence-corrected chi connectivity index (χ0v) is 11.5. The van der Waals surface area contributed by atoms with Crippen molar-refractivity contribution in [2.75, 3.05) is 7.11 Å². The summed E-state index contributed by atoms with van der Waals surface area (Å²) < 4.78 is 5.11. The van der Waals surface area contributed by atoms with Gasteiger partial charge >= 0.3 is 0 Å². The van der Waals surface area contributed by atoms with Gasteiger partial charge in [-0.1, -0.05) is 20.8 Å². The molecule has 18 heavy (non-hydrogen) atoms. The highest BCUT2D eigenvalue weighted by molar-refractivity contribution is 6.28. The van der Waals surface area contributed by atoms with Gasteiger partial charge in [0.15, 0.2) is 11.5 Å². The first-order valence-corrected chi connectivity index (χ1v) is 5.95. The molecule has 2 aromatic rings. The van der Waals surface area contributed by atoms with Gasteiger partial charge in [0.25, 0.3) is 0 Å². The summed E-state index contributed by atoms with van der Waals surface area (Å²) >= 11 is 5.92. The van der Waals surface area contributed by atoms with E-state index < -0.39 is 0 Å². The standard InChI is InChI=1S/C13H15ClN2O2/c1-13(2,3)11-7-5-10(18-4)9(17)6-8(7)15-12(14)16-11/h5-6,17H,1-4H3. The Labute approximate surface area is 111 Å². The van der Waals surface area contributed by atoms with Crippen LogP contribution in [0.2, 0.25) is 5.28 Å². The van der Waals surface area contributed by atoms with Crippen molar-refractivity contribution in [3.8, 4) is 11.5 Å². The van der Waals surface area contributed by atoms with Gasteiger partial charge in [-0.3, -0.25) is 0 Å². The monoisotopic (exact) mass is 266 g/mol. The molecule has 1 aromatic heterocycles. The van der Waals surface area contributed by atoms with Gasteiger partial charge in [-0.05, 0) is 17.7 Å². The van der Waals surface area contributed by atoms with Crippen LogP contribution in [0.1, 0.15) is 26.5 Å². The van der Waals surface area contributed by atoms with Crippen LogP contribution in [0.25, 0.3) is 10.9 Å². The maximum atomic E-state index is 9.76. The second-order valence-electron chi connectivity index (χ2n) is 5.13. The normalized spacial score (nSPS) is 11.8. The van der Waals surface area contributed by atoms with Crippen LogP contribution in [-0.2, 0) is 5.41 Å². The minimum atomic E-state index is -0.174. The number of ether oxygens (including phenoxy) is 1. The zero-order valence-electron chi connectivity index (χ0n) is 10.8. The number of halogens is 1. The summed E-state index contributed by atoms with van der Waals surface area (Å²) in [6.45, 7) is 6.14. The summed E-state index contributed by atoms with van der Waals surface area (Å²) in [5, 5.41) is 10.8. The minimum absolute atomic E-state index is 0.0413. The topological polar surface area (TPSA) is 55.2 Å². The molecule has 0 aliphatic carbocycles. The van der Waals surface area contributed by atoms with Gasteiger partial charge in [-0.15, -0.1) is 0 Å². The van der Waals surface area contributed by atoms with Crippen LogP contribution in [-0.4, -0.2) is 22.2 Å². The number of fused-ring (bicyclic) bond motifs is 1. The van der Waals surface area contributed by atoms with Gasteiger partial charge in [0.2, 0.25) is 5.28 Å². The van der Waals surface area contributed by atoms with Crippen LogP contribution >= 0.6 is 11.6 Å². The largest absolute Gasteiger partial charge is 0.504 e. The molecule has 0 radical (unpaired) electrons. The number of aromatic nitrogens is 2. The summed E-state index contributed by atoms with van der Waals surface area (Å²) in [5.41, 5.74) is 1.27. The van der Waals surface area contributed by atoms with E-state index in [1.165, 1.54) is 13.2 Å². The van der Waals surface area contributed by atoms with Gasteiger partial charge in [0, 0.05) is 16.9 Å². The molecule has 1 aromatic carbocycles. The van der Waals surface area contributed by atoms with Crippen molar-refractivity contribution in [3.05, 3.63) is 23.1 Å². The van der Waals surface area contributed by atoms with Crippen LogP contribution in [0.4, 0.5) is 0 Å². The minimum Gasteiger partial charge on any atom is -0.504 e. The Morgan fingerprint density at radius 1 is 1.22 bits per heavy atom. The van der Waals surface area contributed by atoms with E-state index in [0.29, 0.717) is 11.3 Å². The van der Waals surface area contributed by atoms with E-state index in [1.54, 1.807) is 6.07 Å². The van der Waals surface area contributed by atoms with Crippen molar-refractivity contribution in [1.29, 1.82) is 0 Å². The molecule has 0 fully saturated rings. The van der Waals surface area contributed by atoms with E-state index in [9.17, 15) is 5.11 Å². The Morgan fingerprint density at radius 3 is 2.44 bits per heavy atom. The second-order valence-corrected chi connectivity index (χ2v) is 5.47. The summed E-state index contributed by atoms with van der Waals surface area (Å²) in [7, 11) is 1.51. The molecule has 1 N–H and O–H groups in total. The molecule has 0 aliphatic rings. The molecule has 2 rings (SSSR count). The Morgan fingerprint density at radius 2 is 1.89 bits per heavy atom. The van der Waals surface area contributed by atoms with Crippen molar-refractivity contribution < 1.29 is 9.84 Å². The fourth-order valence-corrected chi connectivity index (χ4v) is 2.03. The smallest absolute Gasteiger partial charge is 0.223 e. The van der Waals surface area contributed by atoms with Crippen molar-refractivity contribution in [2.24, 2.45) is 0 Å². The van der Waals surface area contributed by atoms with Crippen molar-refractivity contribution in [3.63, 3.8) is 0 Å². The first kappa shape index (κ1) is 12.9. The fourth-order valence-electron chi connectivity index (χ4n) is 1.85. The van der Waals surface area contributed by atoms with Crippen LogP contribution in [0.15, 0.2) is 12.1 Å². The third kappa shape index (κ3) is 2.20. The van der Waals surface area contributed by atoms with Crippen LogP contribution < -0.4 is 4.74 Å². The Hall–Kier alpha value is -1.55. The van der Waals surface area contributed by atoms with Gasteiger partial charge in [-0.25, -0.2) is 9.97 Å². The van der Waals surface area contributed by atoms with Gasteiger partial charge in [-0.2, -0.15) is 0 Å². The molecule has 0 bridgehead atoms. The lowest BCUT2D eigenvalue weighted by molar-refractivity contribution is 0.374. The third-order valence-electron chi connectivity index (χ3n) is 2.68. The number of methoxy groups -OCH3 is 1. The number of hydrogen-bond acceptors (Lipinski definition) is 4. The summed E-state index contributed by atoms with van der Waals surface area (Å²) in [5.74, 6) is 0.443. The van der Waals surface area contributed by atoms with Crippen molar-refractivity contribution in [2.45, 2.75) is 26.2 Å². The van der Waals surface area contributed by atoms with Gasteiger partial charge in [0.1, 0.15) is 0 Å². The van der Waals surface area contributed by atoms with E-state index in [4.69, 9.17) is 16.3 Å². The Kier molecular flexibility index (Phi) is 3.07. The number of benzene rings is 1. The summed E-state index contributed by atoms with van der Waals surface area (Å²) in [4.78, 5) is 8.42. The lowest BCUT2D eigenvalue weighted by atomic mass is 9.89. The van der Waals surface area contributed by atoms with E-state index in [-0.39, 0.29) is 16.4 Å². The van der Waals surface area contributed by atoms with Crippen molar-refractivity contribution >= 4 is 22.5 Å². The first-order valence-electron chi connectivity index (χ1n) is 5.57. The number of rotatable bonds is 1. The van der Waals surface area contributed by atoms with E-state index in [2.05, 4.69) is 9.97 Å². The maximum absolute atomic E-state index is 9.76. The highest BCUT2D eigenvalue weighted by atomic mass is 35.5. The molecule has 1 heterocycles. The Bertz CT molecular complexity index is 606. The summed E-state index contributed by atoms with van der Waals surface area (Å²) in [6.07, 6.45) is 0. The first-order chi connectivity index (χ1) is 8.32. The maximum Gasteiger partial charge on any atom is 0.223 e. The molecule has 0 spiro atoms. The fraction of sp³-hybridized carbons (Fsp3) is 0.385. The van der Waals surface area contributed by atoms with E-state index in [1.807, 2.05) is 20.8 Å². The number of nitrogens with zero attached hydrogens (tertiary/aromatic N) is 2. The number of hydrogen-bond donors (Lipinski definition) is 1. The highest BCUT2D eigenvalue weighted by Gasteiger charge is 2.21. The second kappa shape index (κ2) is 4.28. The number of phenols is 1. The highest BCUT2D eigenvalue weighted by Crippen LogP contribution is 2.35. The quantitative estimate of drug-likeness (QED) is 0.805. The lowest BCUT2D eigenvalue weighted by Gasteiger charge is -2.20. The molecule has 0 unspecified atom stereocenters. The van der Waals surface area contributed by atoms with Gasteiger partial charge in [0.05, 0.1) is 18.3 Å². The molecule has 4 nitrogen and oxygen atoms in total. The third-order valence-corrected chi connectivity index (χ3v) is 2.85. The van der Waals surface area contributed by atoms with E-state index in [0.717, 1.165) is 11.1 Å². The molecular formula is C13H15ClN2O2. The molecule has 0 aliphatic heterocycles. The van der Waals surface area contributed by atoms with E-state index >= 15 is 0 Å². The zero-order chi connectivity index (χ0) is 13.5. The predicted octanol–water partition coefficient (Wildman–Crippen LogP) is 3.29. The van der Waals surface area contributed by atoms with Crippen molar-refractivity contribution in [1.82, 2.24) is 9.97 Å². The molecule has 5 heteroatoms. The molecule has 0 saturated carbocycles.